The van der Waals surface area contributed by atoms with Gasteiger partial charge in [-0.25, -0.2) is 4.79 Å². The van der Waals surface area contributed by atoms with E-state index < -0.39 is 108 Å². The molecule has 4 aliphatic rings. The summed E-state index contributed by atoms with van der Waals surface area (Å²) >= 11 is 0. The summed E-state index contributed by atoms with van der Waals surface area (Å²) < 4.78 is 35.2. The maximum atomic E-state index is 14.5. The molecule has 0 aromatic carbocycles. The number of hydrogen-bond donors (Lipinski definition) is 3. The third kappa shape index (κ3) is 16.6. The lowest BCUT2D eigenvalue weighted by Crippen LogP contribution is -2.61. The molecule has 3 N–H and O–H groups in total. The molecule has 3 aliphatic heterocycles. The summed E-state index contributed by atoms with van der Waals surface area (Å²) in [5.74, 6) is -10.3. The minimum absolute atomic E-state index is 0.00405. The van der Waals surface area contributed by atoms with Crippen LogP contribution in [0.15, 0.2) is 47.6 Å². The average molecular weight is 1010 g/mol. The van der Waals surface area contributed by atoms with Crippen LogP contribution in [-0.2, 0) is 62.0 Å². The number of amides is 1. The molecule has 1 amide bonds. The minimum Gasteiger partial charge on any atom is -0.481 e. The Balaban J connectivity index is 1.68. The first-order valence-corrected chi connectivity index (χ1v) is 26.0. The zero-order valence-electron chi connectivity index (χ0n) is 44.2. The number of carbonyl (C=O) groups excluding carboxylic acids is 6. The van der Waals surface area contributed by atoms with Gasteiger partial charge in [-0.3, -0.25) is 28.8 Å². The van der Waals surface area contributed by atoms with Gasteiger partial charge >= 0.3 is 17.9 Å². The first kappa shape index (κ1) is 60.2. The molecule has 15 atom stereocenters. The van der Waals surface area contributed by atoms with Gasteiger partial charge in [-0.1, -0.05) is 71.1 Å². The van der Waals surface area contributed by atoms with Crippen LogP contribution in [0.25, 0.3) is 0 Å². The number of carboxylic acids is 1. The second-order valence-electron chi connectivity index (χ2n) is 21.0. The molecule has 1 saturated carbocycles. The van der Waals surface area contributed by atoms with E-state index in [2.05, 4.69) is 0 Å². The SMILES string of the molecule is CO[C@H]1C[C@@H]2CC[C@@H](C)[C@@](O)(O2)C(=O)C(=O)N2CCCC[C@H]2C(=O)O[C@H]([C@H](C)C[C@@H]2CC[C@@H](OC(=O)CCC(=O)O)[C@H](OC)C2)CC(=O)C(C)=CC(C)[C@@H](O)[C@@H](OC)C(=O)[C@H](C)C[C@H](C)C=CC=CC=C1C. The molecule has 3 fully saturated rings. The van der Waals surface area contributed by atoms with Crippen molar-refractivity contribution >= 4 is 41.2 Å². The van der Waals surface area contributed by atoms with Crippen molar-refractivity contribution < 1.29 is 77.3 Å². The Labute approximate surface area is 426 Å². The molecule has 404 valence electrons. The standard InChI is InChI=1S/C55H83NO16/c1-32-16-12-11-13-17-33(2)44(67-8)30-40-21-19-38(7)55(66,72-40)52(63)53(64)56-25-15-14-18-41(56)54(65)71-45(31-42(57)34(3)27-37(6)50(62)51(69-10)49(61)36(5)26-32)35(4)28-39-20-22-43(46(29-39)68-9)70-48(60)24-23-47(58)59/h11-13,16-17,27,32,35-41,43-46,50-51,62,66H,14-15,18-26,28-31H2,1-10H3,(H,58,59)/t32-,35-,36-,37?,38-,39+,40+,41+,43-,44+,45+,46-,50-,51+,55-/m1/s1. The number of cyclic esters (lactones) is 1. The van der Waals surface area contributed by atoms with Crippen LogP contribution in [0.5, 0.6) is 0 Å². The smallest absolute Gasteiger partial charge is 0.329 e. The van der Waals surface area contributed by atoms with E-state index in [4.69, 9.17) is 33.5 Å². The molecule has 0 radical (unpaired) electrons. The van der Waals surface area contributed by atoms with Crippen LogP contribution in [0.2, 0.25) is 0 Å². The summed E-state index contributed by atoms with van der Waals surface area (Å²) in [6.07, 6.45) is 9.35. The summed E-state index contributed by atoms with van der Waals surface area (Å²) in [5, 5.41) is 32.5. The number of rotatable bonds is 10. The Bertz CT molecular complexity index is 2010. The fraction of sp³-hybridized carbons (Fsp3) is 0.727. The lowest BCUT2D eigenvalue weighted by Gasteiger charge is -2.42. The number of aliphatic hydroxyl groups excluding tert-OH is 1. The van der Waals surface area contributed by atoms with Gasteiger partial charge in [-0.05, 0) is 107 Å². The number of aliphatic hydroxyl groups is 2. The predicted molar refractivity (Wildman–Crippen MR) is 266 cm³/mol. The molecule has 17 heteroatoms. The second-order valence-corrected chi connectivity index (χ2v) is 21.0. The number of nitrogens with zero attached hydrogens (tertiary/aromatic N) is 1. The lowest BCUT2D eigenvalue weighted by molar-refractivity contribution is -0.265. The molecule has 0 aromatic heterocycles. The third-order valence-electron chi connectivity index (χ3n) is 15.3. The number of carboxylic acid groups (broad SMARTS) is 1. The quantitative estimate of drug-likeness (QED) is 0.154. The number of ether oxygens (including phenoxy) is 6. The Kier molecular flexibility index (Phi) is 23.7. The van der Waals surface area contributed by atoms with Crippen molar-refractivity contribution in [3.05, 3.63) is 47.6 Å². The van der Waals surface area contributed by atoms with Crippen LogP contribution in [0.1, 0.15) is 138 Å². The van der Waals surface area contributed by atoms with Crippen molar-refractivity contribution in [3.63, 3.8) is 0 Å². The lowest BCUT2D eigenvalue weighted by atomic mass is 9.78. The van der Waals surface area contributed by atoms with E-state index in [9.17, 15) is 43.8 Å². The molecule has 2 saturated heterocycles. The van der Waals surface area contributed by atoms with Gasteiger partial charge in [0.1, 0.15) is 24.4 Å². The van der Waals surface area contributed by atoms with E-state index in [1.54, 1.807) is 40.9 Å². The third-order valence-corrected chi connectivity index (χ3v) is 15.3. The molecule has 2 bridgehead atoms. The molecule has 3 heterocycles. The van der Waals surface area contributed by atoms with Crippen LogP contribution < -0.4 is 0 Å². The van der Waals surface area contributed by atoms with E-state index >= 15 is 0 Å². The van der Waals surface area contributed by atoms with Gasteiger partial charge in [0.15, 0.2) is 11.6 Å². The molecule has 0 aromatic rings. The summed E-state index contributed by atoms with van der Waals surface area (Å²) in [4.78, 5) is 95.7. The van der Waals surface area contributed by atoms with E-state index in [-0.39, 0.29) is 61.2 Å². The zero-order valence-corrected chi connectivity index (χ0v) is 44.2. The second kappa shape index (κ2) is 28.3. The van der Waals surface area contributed by atoms with Crippen LogP contribution in [-0.4, -0.2) is 144 Å². The van der Waals surface area contributed by atoms with Gasteiger partial charge in [0, 0.05) is 58.5 Å². The number of Topliss-reactive ketones (excluding diaryl/α,β-unsaturated/α-hetero) is 3. The Hall–Kier alpha value is -4.39. The first-order chi connectivity index (χ1) is 34.0. The van der Waals surface area contributed by atoms with Crippen molar-refractivity contribution in [2.75, 3.05) is 27.9 Å². The maximum absolute atomic E-state index is 14.5. The van der Waals surface area contributed by atoms with Crippen molar-refractivity contribution in [1.29, 1.82) is 0 Å². The largest absolute Gasteiger partial charge is 0.481 e. The molecule has 17 nitrogen and oxygen atoms in total. The zero-order chi connectivity index (χ0) is 53.4. The summed E-state index contributed by atoms with van der Waals surface area (Å²) in [6, 6.07) is -1.20. The van der Waals surface area contributed by atoms with Gasteiger partial charge in [0.05, 0.1) is 37.3 Å². The highest BCUT2D eigenvalue weighted by Gasteiger charge is 2.53. The molecule has 1 unspecified atom stereocenters. The first-order valence-electron chi connectivity index (χ1n) is 26.0. The number of esters is 2. The molecular weight excluding hydrogens is 931 g/mol. The predicted octanol–water partition coefficient (Wildman–Crippen LogP) is 6.60. The number of ketones is 3. The number of aliphatic carboxylic acids is 1. The summed E-state index contributed by atoms with van der Waals surface area (Å²) in [5.41, 5.74) is 1.13. The number of hydrogen-bond acceptors (Lipinski definition) is 15. The average Bonchev–Trinajstić information content (AvgIpc) is 3.35. The van der Waals surface area contributed by atoms with Crippen LogP contribution >= 0.6 is 0 Å². The molecular formula is C55H83NO16. The monoisotopic (exact) mass is 1010 g/mol. The summed E-state index contributed by atoms with van der Waals surface area (Å²) in [7, 11) is 4.43. The fourth-order valence-electron chi connectivity index (χ4n) is 10.7. The highest BCUT2D eigenvalue weighted by Crippen LogP contribution is 2.38. The van der Waals surface area contributed by atoms with Crippen LogP contribution in [0, 0.1) is 35.5 Å². The van der Waals surface area contributed by atoms with Crippen LogP contribution in [0.3, 0.4) is 0 Å². The normalized spacial score (nSPS) is 35.1. The minimum atomic E-state index is -2.47. The number of fused-ring (bicyclic) bond motifs is 3. The molecule has 1 aliphatic carbocycles. The molecule has 4 rings (SSSR count). The van der Waals surface area contributed by atoms with Crippen molar-refractivity contribution in [3.8, 4) is 0 Å². The molecule has 72 heavy (non-hydrogen) atoms. The number of allylic oxidation sites excluding steroid dienone is 6. The van der Waals surface area contributed by atoms with Gasteiger partial charge in [0.25, 0.3) is 11.7 Å². The van der Waals surface area contributed by atoms with E-state index in [1.165, 1.54) is 14.2 Å². The molecule has 0 spiro atoms. The van der Waals surface area contributed by atoms with Gasteiger partial charge in [-0.2, -0.15) is 0 Å². The van der Waals surface area contributed by atoms with E-state index in [0.29, 0.717) is 64.2 Å². The highest BCUT2D eigenvalue weighted by molar-refractivity contribution is 6.39. The highest BCUT2D eigenvalue weighted by atomic mass is 16.6. The van der Waals surface area contributed by atoms with Gasteiger partial charge in [-0.15, -0.1) is 0 Å². The number of methoxy groups -OCH3 is 3. The van der Waals surface area contributed by atoms with Crippen molar-refractivity contribution in [1.82, 2.24) is 4.90 Å². The Morgan fingerprint density at radius 2 is 1.58 bits per heavy atom. The Morgan fingerprint density at radius 3 is 2.25 bits per heavy atom. The van der Waals surface area contributed by atoms with Crippen molar-refractivity contribution in [2.24, 2.45) is 35.5 Å². The van der Waals surface area contributed by atoms with Crippen molar-refractivity contribution in [2.45, 2.75) is 193 Å². The van der Waals surface area contributed by atoms with Gasteiger partial charge in [0.2, 0.25) is 5.79 Å². The summed E-state index contributed by atoms with van der Waals surface area (Å²) in [6.45, 7) is 12.5. The number of carbonyl (C=O) groups is 7. The topological polar surface area (TPSA) is 239 Å². The number of piperidine rings is 1. The van der Waals surface area contributed by atoms with E-state index in [0.717, 1.165) is 10.5 Å². The Morgan fingerprint density at radius 1 is 0.861 bits per heavy atom. The van der Waals surface area contributed by atoms with Crippen LogP contribution in [0.4, 0.5) is 0 Å². The van der Waals surface area contributed by atoms with Gasteiger partial charge < -0.3 is 48.6 Å². The fourth-order valence-corrected chi connectivity index (χ4v) is 10.7. The maximum Gasteiger partial charge on any atom is 0.329 e. The van der Waals surface area contributed by atoms with E-state index in [1.807, 2.05) is 51.2 Å².